The molecule has 0 saturated heterocycles. The lowest BCUT2D eigenvalue weighted by atomic mass is 10.1. The van der Waals surface area contributed by atoms with Crippen LogP contribution in [0.4, 0.5) is 0 Å². The summed E-state index contributed by atoms with van der Waals surface area (Å²) in [6.07, 6.45) is 2.96. The molecule has 0 radical (unpaired) electrons. The van der Waals surface area contributed by atoms with Gasteiger partial charge >= 0.3 is 0 Å². The number of aryl methyl sites for hydroxylation is 2. The first-order chi connectivity index (χ1) is 5.72. The van der Waals surface area contributed by atoms with Gasteiger partial charge in [0.25, 0.3) is 0 Å². The van der Waals surface area contributed by atoms with Crippen molar-refractivity contribution >= 4 is 0 Å². The number of allylic oxidation sites excluding steroid dienone is 1. The van der Waals surface area contributed by atoms with Crippen LogP contribution >= 0.6 is 0 Å². The van der Waals surface area contributed by atoms with Crippen LogP contribution in [0.3, 0.4) is 0 Å². The molecule has 0 nitrogen and oxygen atoms in total. The van der Waals surface area contributed by atoms with Crippen LogP contribution in [0.15, 0.2) is 36.9 Å². The van der Waals surface area contributed by atoms with Gasteiger partial charge in [-0.2, -0.15) is 0 Å². The Morgan fingerprint density at radius 1 is 1.17 bits per heavy atom. The van der Waals surface area contributed by atoms with Crippen molar-refractivity contribution in [3.63, 3.8) is 0 Å². The van der Waals surface area contributed by atoms with Crippen LogP contribution in [0.2, 0.25) is 0 Å². The SMILES string of the molecule is C=CCC.Cc1ccccc1C. The molecule has 0 unspecified atom stereocenters. The predicted octanol–water partition coefficient (Wildman–Crippen LogP) is 3.89. The molecular weight excluding hydrogens is 144 g/mol. The van der Waals surface area contributed by atoms with E-state index in [0.29, 0.717) is 0 Å². The van der Waals surface area contributed by atoms with Gasteiger partial charge in [-0.05, 0) is 31.4 Å². The fourth-order valence-corrected chi connectivity index (χ4v) is 0.663. The second-order valence-corrected chi connectivity index (χ2v) is 2.78. The number of hydrogen-bond acceptors (Lipinski definition) is 0. The first-order valence-corrected chi connectivity index (χ1v) is 4.35. The zero-order chi connectivity index (χ0) is 9.40. The number of benzene rings is 1. The Labute approximate surface area is 75.9 Å². The van der Waals surface area contributed by atoms with Gasteiger partial charge in [0, 0.05) is 0 Å². The van der Waals surface area contributed by atoms with Crippen molar-refractivity contribution in [3.05, 3.63) is 48.0 Å². The Bertz CT molecular complexity index is 202. The minimum absolute atomic E-state index is 1.08. The standard InChI is InChI=1S/C8H10.C4H8/c1-7-5-3-4-6-8(7)2;1-3-4-2/h3-6H,1-2H3;3H,1,4H2,2H3. The van der Waals surface area contributed by atoms with Gasteiger partial charge in [-0.25, -0.2) is 0 Å². The van der Waals surface area contributed by atoms with Crippen molar-refractivity contribution in [2.75, 3.05) is 0 Å². The maximum atomic E-state index is 3.48. The average Bonchev–Trinajstić information content (AvgIpc) is 2.11. The molecule has 66 valence electrons. The highest BCUT2D eigenvalue weighted by Crippen LogP contribution is 2.02. The Morgan fingerprint density at radius 3 is 1.67 bits per heavy atom. The van der Waals surface area contributed by atoms with E-state index in [4.69, 9.17) is 0 Å². The van der Waals surface area contributed by atoms with E-state index in [1.54, 1.807) is 0 Å². The fraction of sp³-hybridized carbons (Fsp3) is 0.333. The first-order valence-electron chi connectivity index (χ1n) is 4.35. The lowest BCUT2D eigenvalue weighted by molar-refractivity contribution is 1.23. The molecule has 1 rings (SSSR count). The summed E-state index contributed by atoms with van der Waals surface area (Å²) in [5.41, 5.74) is 2.74. The summed E-state index contributed by atoms with van der Waals surface area (Å²) in [5.74, 6) is 0. The Morgan fingerprint density at radius 2 is 1.50 bits per heavy atom. The summed E-state index contributed by atoms with van der Waals surface area (Å²) >= 11 is 0. The van der Waals surface area contributed by atoms with Crippen LogP contribution < -0.4 is 0 Å². The monoisotopic (exact) mass is 162 g/mol. The summed E-state index contributed by atoms with van der Waals surface area (Å²) in [7, 11) is 0. The molecule has 0 heteroatoms. The summed E-state index contributed by atoms with van der Waals surface area (Å²) in [4.78, 5) is 0. The van der Waals surface area contributed by atoms with Gasteiger partial charge in [0.1, 0.15) is 0 Å². The van der Waals surface area contributed by atoms with Crippen molar-refractivity contribution < 1.29 is 0 Å². The largest absolute Gasteiger partial charge is 0.103 e. The highest BCUT2D eigenvalue weighted by molar-refractivity contribution is 5.23. The van der Waals surface area contributed by atoms with Gasteiger partial charge in [0.2, 0.25) is 0 Å². The molecule has 0 fully saturated rings. The molecule has 0 atom stereocenters. The third kappa shape index (κ3) is 4.73. The number of hydrogen-bond donors (Lipinski definition) is 0. The minimum atomic E-state index is 1.08. The lowest BCUT2D eigenvalue weighted by Gasteiger charge is -1.93. The second-order valence-electron chi connectivity index (χ2n) is 2.78. The van der Waals surface area contributed by atoms with Crippen molar-refractivity contribution in [2.45, 2.75) is 27.2 Å². The third-order valence-electron chi connectivity index (χ3n) is 1.71. The van der Waals surface area contributed by atoms with Crippen molar-refractivity contribution in [1.29, 1.82) is 0 Å². The van der Waals surface area contributed by atoms with Gasteiger partial charge in [0.05, 0.1) is 0 Å². The highest BCUT2D eigenvalue weighted by Gasteiger charge is 1.83. The van der Waals surface area contributed by atoms with Gasteiger partial charge in [-0.15, -0.1) is 6.58 Å². The molecule has 0 saturated carbocycles. The molecule has 12 heavy (non-hydrogen) atoms. The molecule has 0 aliphatic carbocycles. The molecule has 0 aromatic heterocycles. The zero-order valence-corrected chi connectivity index (χ0v) is 8.30. The topological polar surface area (TPSA) is 0 Å². The zero-order valence-electron chi connectivity index (χ0n) is 8.30. The maximum absolute atomic E-state index is 3.48. The number of rotatable bonds is 1. The molecule has 1 aromatic carbocycles. The normalized spacial score (nSPS) is 8.25. The van der Waals surface area contributed by atoms with E-state index in [1.807, 2.05) is 6.08 Å². The van der Waals surface area contributed by atoms with E-state index in [1.165, 1.54) is 11.1 Å². The molecule has 0 aliphatic rings. The van der Waals surface area contributed by atoms with Gasteiger partial charge in [-0.1, -0.05) is 37.3 Å². The Hall–Kier alpha value is -1.04. The van der Waals surface area contributed by atoms with Crippen molar-refractivity contribution in [3.8, 4) is 0 Å². The van der Waals surface area contributed by atoms with Gasteiger partial charge < -0.3 is 0 Å². The van der Waals surface area contributed by atoms with Crippen LogP contribution in [0.5, 0.6) is 0 Å². The van der Waals surface area contributed by atoms with Crippen LogP contribution in [0, 0.1) is 13.8 Å². The van der Waals surface area contributed by atoms with Crippen molar-refractivity contribution in [2.24, 2.45) is 0 Å². The van der Waals surface area contributed by atoms with E-state index in [-0.39, 0.29) is 0 Å². The van der Waals surface area contributed by atoms with E-state index >= 15 is 0 Å². The fourth-order valence-electron chi connectivity index (χ4n) is 0.663. The quantitative estimate of drug-likeness (QED) is 0.550. The molecule has 1 aromatic rings. The summed E-state index contributed by atoms with van der Waals surface area (Å²) < 4.78 is 0. The smallest absolute Gasteiger partial charge is 0.0382 e. The van der Waals surface area contributed by atoms with Crippen LogP contribution in [0.1, 0.15) is 24.5 Å². The van der Waals surface area contributed by atoms with Crippen LogP contribution in [-0.4, -0.2) is 0 Å². The summed E-state index contributed by atoms with van der Waals surface area (Å²) in [6.45, 7) is 9.78. The predicted molar refractivity (Wildman–Crippen MR) is 56.4 cm³/mol. The second kappa shape index (κ2) is 6.66. The first kappa shape index (κ1) is 11.0. The average molecular weight is 162 g/mol. The van der Waals surface area contributed by atoms with Crippen LogP contribution in [0.25, 0.3) is 0 Å². The molecule has 0 spiro atoms. The van der Waals surface area contributed by atoms with Crippen molar-refractivity contribution in [1.82, 2.24) is 0 Å². The van der Waals surface area contributed by atoms with Gasteiger partial charge in [0.15, 0.2) is 0 Å². The van der Waals surface area contributed by atoms with E-state index in [0.717, 1.165) is 6.42 Å². The molecule has 0 bridgehead atoms. The Balaban J connectivity index is 0.000000261. The molecular formula is C12H18. The third-order valence-corrected chi connectivity index (χ3v) is 1.71. The molecule has 0 amide bonds. The van der Waals surface area contributed by atoms with Crippen LogP contribution in [-0.2, 0) is 0 Å². The van der Waals surface area contributed by atoms with E-state index in [2.05, 4.69) is 51.6 Å². The maximum Gasteiger partial charge on any atom is -0.0382 e. The minimum Gasteiger partial charge on any atom is -0.103 e. The Kier molecular flexibility index (Phi) is 6.08. The molecule has 0 heterocycles. The molecule has 0 aliphatic heterocycles. The van der Waals surface area contributed by atoms with E-state index < -0.39 is 0 Å². The van der Waals surface area contributed by atoms with Gasteiger partial charge in [-0.3, -0.25) is 0 Å². The van der Waals surface area contributed by atoms with E-state index in [9.17, 15) is 0 Å². The summed E-state index contributed by atoms with van der Waals surface area (Å²) in [5, 5.41) is 0. The lowest BCUT2D eigenvalue weighted by Crippen LogP contribution is -1.74. The molecule has 0 N–H and O–H groups in total. The highest BCUT2D eigenvalue weighted by atomic mass is 13.9. The summed E-state index contributed by atoms with van der Waals surface area (Å²) in [6, 6.07) is 8.36.